The van der Waals surface area contributed by atoms with Crippen molar-refractivity contribution in [2.75, 3.05) is 13.2 Å². The molecular formula is C63H74O10. The molecule has 0 bridgehead atoms. The van der Waals surface area contributed by atoms with E-state index in [9.17, 15) is 19.2 Å². The standard InChI is InChI=1S/C63H74O10/c1-4-6-8-10-12-14-16-18-20-22-44-68-53-33-26-49(27-34-53)60(64)70-55-37-30-51(31-38-55)62(66)73-59-43-32-48-24-25-52(46-58(48)47(59)3)63(67)72-57-41-39-56(40-42-57)71-61(65)50-28-35-54(36-29-50)69-45-23-21-19-17-15-13-11-9-7-5-2/h24-43,46H,4-23,44-45H2,1-3H3. The van der Waals surface area contributed by atoms with Gasteiger partial charge in [0.1, 0.15) is 34.5 Å². The Morgan fingerprint density at radius 3 is 1.03 bits per heavy atom. The summed E-state index contributed by atoms with van der Waals surface area (Å²) in [6.07, 6.45) is 25.3. The molecule has 0 spiro atoms. The molecule has 0 saturated carbocycles. The van der Waals surface area contributed by atoms with Crippen LogP contribution in [0.25, 0.3) is 10.8 Å². The van der Waals surface area contributed by atoms with Crippen LogP contribution in [-0.2, 0) is 0 Å². The average molecular weight is 991 g/mol. The fourth-order valence-electron chi connectivity index (χ4n) is 8.51. The average Bonchev–Trinajstić information content (AvgIpc) is 3.41. The summed E-state index contributed by atoms with van der Waals surface area (Å²) >= 11 is 0. The van der Waals surface area contributed by atoms with Gasteiger partial charge >= 0.3 is 23.9 Å². The predicted molar refractivity (Wildman–Crippen MR) is 289 cm³/mol. The van der Waals surface area contributed by atoms with E-state index in [-0.39, 0.29) is 17.1 Å². The van der Waals surface area contributed by atoms with Gasteiger partial charge in [-0.05, 0) is 151 Å². The van der Waals surface area contributed by atoms with Crippen molar-refractivity contribution in [3.63, 3.8) is 0 Å². The summed E-state index contributed by atoms with van der Waals surface area (Å²) in [5.41, 5.74) is 1.97. The molecule has 0 N–H and O–H groups in total. The molecule has 0 aliphatic heterocycles. The smallest absolute Gasteiger partial charge is 0.343 e. The zero-order chi connectivity index (χ0) is 51.5. The van der Waals surface area contributed by atoms with E-state index in [1.807, 2.05) is 13.0 Å². The molecule has 6 aromatic rings. The first-order chi connectivity index (χ1) is 35.7. The first-order valence-electron chi connectivity index (χ1n) is 26.8. The van der Waals surface area contributed by atoms with Crippen molar-refractivity contribution >= 4 is 34.6 Å². The Labute approximate surface area is 432 Å². The Hall–Kier alpha value is -6.94. The summed E-state index contributed by atoms with van der Waals surface area (Å²) in [5, 5.41) is 1.54. The molecular weight excluding hydrogens is 917 g/mol. The Kier molecular flexibility index (Phi) is 23.4. The van der Waals surface area contributed by atoms with Crippen LogP contribution in [0.2, 0.25) is 0 Å². The summed E-state index contributed by atoms with van der Waals surface area (Å²) in [7, 11) is 0. The number of aryl methyl sites for hydroxylation is 1. The molecule has 6 rings (SSSR count). The minimum absolute atomic E-state index is 0.260. The van der Waals surface area contributed by atoms with Gasteiger partial charge < -0.3 is 28.4 Å². The number of benzene rings is 6. The maximum atomic E-state index is 13.3. The SMILES string of the molecule is CCCCCCCCCCCCOc1ccc(C(=O)Oc2ccc(OC(=O)c3ccc4ccc(OC(=O)c5ccc(OC(=O)c6ccc(OCCCCCCCCCCCC)cc6)cc5)c(C)c4c3)cc2)cc1. The lowest BCUT2D eigenvalue weighted by Gasteiger charge is -2.12. The van der Waals surface area contributed by atoms with E-state index in [1.54, 1.807) is 109 Å². The Balaban J connectivity index is 0.907. The Morgan fingerprint density at radius 2 is 0.630 bits per heavy atom. The molecule has 0 aliphatic rings. The lowest BCUT2D eigenvalue weighted by atomic mass is 10.0. The second-order valence-electron chi connectivity index (χ2n) is 18.8. The zero-order valence-corrected chi connectivity index (χ0v) is 43.3. The molecule has 0 atom stereocenters. The van der Waals surface area contributed by atoms with E-state index in [1.165, 1.54) is 115 Å². The van der Waals surface area contributed by atoms with Crippen LogP contribution in [0.3, 0.4) is 0 Å². The second kappa shape index (κ2) is 30.8. The van der Waals surface area contributed by atoms with E-state index < -0.39 is 23.9 Å². The largest absolute Gasteiger partial charge is 0.494 e. The Morgan fingerprint density at radius 1 is 0.329 bits per heavy atom. The number of rotatable bonds is 32. The van der Waals surface area contributed by atoms with E-state index in [4.69, 9.17) is 28.4 Å². The fraction of sp³-hybridized carbons (Fsp3) is 0.397. The van der Waals surface area contributed by atoms with Crippen LogP contribution in [0.5, 0.6) is 34.5 Å². The first kappa shape index (κ1) is 55.4. The van der Waals surface area contributed by atoms with Crippen LogP contribution in [0.1, 0.15) is 189 Å². The molecule has 73 heavy (non-hydrogen) atoms. The molecule has 0 aromatic heterocycles. The molecule has 0 radical (unpaired) electrons. The van der Waals surface area contributed by atoms with Gasteiger partial charge in [0, 0.05) is 0 Å². The molecule has 0 fully saturated rings. The molecule has 0 aliphatic carbocycles. The summed E-state index contributed by atoms with van der Waals surface area (Å²) in [5.74, 6) is 0.347. The monoisotopic (exact) mass is 991 g/mol. The molecule has 6 aromatic carbocycles. The molecule has 0 saturated heterocycles. The van der Waals surface area contributed by atoms with Crippen LogP contribution in [0, 0.1) is 6.92 Å². The fourth-order valence-corrected chi connectivity index (χ4v) is 8.51. The number of carbonyl (C=O) groups excluding carboxylic acids is 4. The van der Waals surface area contributed by atoms with Gasteiger partial charge in [-0.15, -0.1) is 0 Å². The second-order valence-corrected chi connectivity index (χ2v) is 18.8. The quantitative estimate of drug-likeness (QED) is 0.0229. The molecule has 10 heteroatoms. The number of carbonyl (C=O) groups is 4. The third-order valence-corrected chi connectivity index (χ3v) is 12.9. The third-order valence-electron chi connectivity index (χ3n) is 12.9. The van der Waals surface area contributed by atoms with Crippen molar-refractivity contribution < 1.29 is 47.6 Å². The highest BCUT2D eigenvalue weighted by atomic mass is 16.5. The van der Waals surface area contributed by atoms with Gasteiger partial charge in [-0.25, -0.2) is 19.2 Å². The van der Waals surface area contributed by atoms with Crippen molar-refractivity contribution in [1.29, 1.82) is 0 Å². The van der Waals surface area contributed by atoms with E-state index in [0.29, 0.717) is 63.9 Å². The van der Waals surface area contributed by atoms with E-state index in [0.717, 1.165) is 31.1 Å². The normalized spacial score (nSPS) is 11.0. The topological polar surface area (TPSA) is 124 Å². The predicted octanol–water partition coefficient (Wildman–Crippen LogP) is 16.6. The third kappa shape index (κ3) is 18.9. The number of ether oxygens (including phenoxy) is 6. The summed E-state index contributed by atoms with van der Waals surface area (Å²) in [6, 6.07) is 34.9. The van der Waals surface area contributed by atoms with Crippen LogP contribution in [0.15, 0.2) is 127 Å². The minimum Gasteiger partial charge on any atom is -0.494 e. The van der Waals surface area contributed by atoms with Gasteiger partial charge in [0.2, 0.25) is 0 Å². The number of fused-ring (bicyclic) bond motifs is 1. The van der Waals surface area contributed by atoms with Crippen molar-refractivity contribution in [3.8, 4) is 34.5 Å². The Bertz CT molecular complexity index is 2620. The van der Waals surface area contributed by atoms with Crippen molar-refractivity contribution in [2.24, 2.45) is 0 Å². The molecule has 0 heterocycles. The van der Waals surface area contributed by atoms with Gasteiger partial charge in [-0.1, -0.05) is 142 Å². The molecule has 386 valence electrons. The molecule has 0 amide bonds. The highest BCUT2D eigenvalue weighted by molar-refractivity contribution is 5.99. The van der Waals surface area contributed by atoms with Crippen LogP contribution in [-0.4, -0.2) is 37.1 Å². The number of unbranched alkanes of at least 4 members (excludes halogenated alkanes) is 18. The minimum atomic E-state index is -0.601. The van der Waals surface area contributed by atoms with Gasteiger partial charge in [0.25, 0.3) is 0 Å². The number of esters is 4. The molecule has 0 unspecified atom stereocenters. The summed E-state index contributed by atoms with van der Waals surface area (Å²) < 4.78 is 34.4. The maximum absolute atomic E-state index is 13.3. The van der Waals surface area contributed by atoms with Gasteiger partial charge in [0.05, 0.1) is 35.5 Å². The van der Waals surface area contributed by atoms with Crippen LogP contribution < -0.4 is 28.4 Å². The van der Waals surface area contributed by atoms with Crippen molar-refractivity contribution in [2.45, 2.75) is 149 Å². The van der Waals surface area contributed by atoms with Crippen LogP contribution >= 0.6 is 0 Å². The van der Waals surface area contributed by atoms with Crippen molar-refractivity contribution in [1.82, 2.24) is 0 Å². The lowest BCUT2D eigenvalue weighted by Crippen LogP contribution is -2.11. The highest BCUT2D eigenvalue weighted by Gasteiger charge is 2.17. The van der Waals surface area contributed by atoms with Gasteiger partial charge in [-0.2, -0.15) is 0 Å². The van der Waals surface area contributed by atoms with E-state index in [2.05, 4.69) is 13.8 Å². The molecule has 10 nitrogen and oxygen atoms in total. The van der Waals surface area contributed by atoms with Gasteiger partial charge in [-0.3, -0.25) is 0 Å². The number of hydrogen-bond acceptors (Lipinski definition) is 10. The van der Waals surface area contributed by atoms with Gasteiger partial charge in [0.15, 0.2) is 0 Å². The van der Waals surface area contributed by atoms with Crippen LogP contribution in [0.4, 0.5) is 0 Å². The summed E-state index contributed by atoms with van der Waals surface area (Å²) in [4.78, 5) is 52.4. The summed E-state index contributed by atoms with van der Waals surface area (Å²) in [6.45, 7) is 7.58. The zero-order valence-electron chi connectivity index (χ0n) is 43.3. The first-order valence-corrected chi connectivity index (χ1v) is 26.8. The van der Waals surface area contributed by atoms with Crippen molar-refractivity contribution in [3.05, 3.63) is 155 Å². The number of hydrogen-bond donors (Lipinski definition) is 0. The maximum Gasteiger partial charge on any atom is 0.343 e. The van der Waals surface area contributed by atoms with E-state index >= 15 is 0 Å². The highest BCUT2D eigenvalue weighted by Crippen LogP contribution is 2.30. The lowest BCUT2D eigenvalue weighted by molar-refractivity contribution is 0.0719.